The van der Waals surface area contributed by atoms with E-state index < -0.39 is 0 Å². The smallest absolute Gasteiger partial charge is 0.287 e. The second-order valence-electron chi connectivity index (χ2n) is 4.79. The summed E-state index contributed by atoms with van der Waals surface area (Å²) in [6.45, 7) is 1.36. The van der Waals surface area contributed by atoms with Crippen LogP contribution in [-0.4, -0.2) is 22.9 Å². The van der Waals surface area contributed by atoms with Gasteiger partial charge in [0.25, 0.3) is 5.56 Å². The molecule has 2 aromatic rings. The molecule has 1 aliphatic rings. The van der Waals surface area contributed by atoms with Crippen molar-refractivity contribution in [2.24, 2.45) is 7.05 Å². The lowest BCUT2D eigenvalue weighted by Crippen LogP contribution is -2.29. The highest BCUT2D eigenvalue weighted by molar-refractivity contribution is 6.33. The molecule has 110 valence electrons. The van der Waals surface area contributed by atoms with Crippen LogP contribution < -0.4 is 15.2 Å². The standard InChI is InChI=1S/C14H13ClFN3O2/c1-18-14(20)13(15)11(7-17-18)19-4-5-21-12-3-2-10(16)6-9(12)8-19/h2-3,6-7H,4-5,8H2,1H3. The van der Waals surface area contributed by atoms with Gasteiger partial charge in [0.1, 0.15) is 23.2 Å². The molecule has 0 unspecified atom stereocenters. The SMILES string of the molecule is Cn1ncc(N2CCOc3ccc(F)cc3C2)c(Cl)c1=O. The van der Waals surface area contributed by atoms with E-state index in [1.807, 2.05) is 4.90 Å². The lowest BCUT2D eigenvalue weighted by atomic mass is 10.2. The van der Waals surface area contributed by atoms with Gasteiger partial charge in [-0.05, 0) is 18.2 Å². The number of ether oxygens (including phenoxy) is 1. The Morgan fingerprint density at radius 3 is 3.05 bits per heavy atom. The van der Waals surface area contributed by atoms with Gasteiger partial charge in [-0.15, -0.1) is 0 Å². The zero-order valence-corrected chi connectivity index (χ0v) is 12.1. The molecule has 0 radical (unpaired) electrons. The molecule has 0 spiro atoms. The molecule has 2 heterocycles. The molecule has 5 nitrogen and oxygen atoms in total. The maximum atomic E-state index is 13.4. The summed E-state index contributed by atoms with van der Waals surface area (Å²) in [6.07, 6.45) is 1.54. The van der Waals surface area contributed by atoms with Gasteiger partial charge in [0.2, 0.25) is 0 Å². The van der Waals surface area contributed by atoms with E-state index in [1.165, 1.54) is 30.1 Å². The van der Waals surface area contributed by atoms with Crippen LogP contribution in [0.2, 0.25) is 5.02 Å². The fourth-order valence-corrected chi connectivity index (χ4v) is 2.58. The first-order valence-electron chi connectivity index (χ1n) is 6.44. The van der Waals surface area contributed by atoms with Crippen LogP contribution in [0.15, 0.2) is 29.2 Å². The number of rotatable bonds is 1. The van der Waals surface area contributed by atoms with Crippen molar-refractivity contribution in [3.8, 4) is 5.75 Å². The Hall–Kier alpha value is -2.08. The van der Waals surface area contributed by atoms with Crippen LogP contribution in [0.25, 0.3) is 0 Å². The van der Waals surface area contributed by atoms with Gasteiger partial charge in [0.15, 0.2) is 0 Å². The van der Waals surface area contributed by atoms with E-state index in [0.29, 0.717) is 36.7 Å². The maximum Gasteiger partial charge on any atom is 0.287 e. The Morgan fingerprint density at radius 1 is 1.43 bits per heavy atom. The Bertz CT molecular complexity index is 747. The molecule has 0 N–H and O–H groups in total. The highest BCUT2D eigenvalue weighted by Gasteiger charge is 2.20. The second kappa shape index (κ2) is 5.37. The number of hydrogen-bond donors (Lipinski definition) is 0. The van der Waals surface area contributed by atoms with Crippen LogP contribution >= 0.6 is 11.6 Å². The first kappa shape index (κ1) is 13.9. The second-order valence-corrected chi connectivity index (χ2v) is 5.17. The zero-order valence-electron chi connectivity index (χ0n) is 11.3. The highest BCUT2D eigenvalue weighted by Crippen LogP contribution is 2.29. The van der Waals surface area contributed by atoms with Gasteiger partial charge < -0.3 is 9.64 Å². The number of anilines is 1. The normalized spacial score (nSPS) is 14.3. The topological polar surface area (TPSA) is 47.4 Å². The minimum atomic E-state index is -0.362. The van der Waals surface area contributed by atoms with Gasteiger partial charge in [-0.2, -0.15) is 5.10 Å². The van der Waals surface area contributed by atoms with Gasteiger partial charge in [-0.1, -0.05) is 11.6 Å². The van der Waals surface area contributed by atoms with E-state index in [4.69, 9.17) is 16.3 Å². The molecule has 0 fully saturated rings. The summed E-state index contributed by atoms with van der Waals surface area (Å²) < 4.78 is 20.2. The first-order valence-corrected chi connectivity index (χ1v) is 6.82. The number of nitrogens with zero attached hydrogens (tertiary/aromatic N) is 3. The molecular formula is C14H13ClFN3O2. The minimum absolute atomic E-state index is 0.104. The van der Waals surface area contributed by atoms with Gasteiger partial charge >= 0.3 is 0 Å². The van der Waals surface area contributed by atoms with Crippen molar-refractivity contribution >= 4 is 17.3 Å². The summed E-state index contributed by atoms with van der Waals surface area (Å²) in [4.78, 5) is 13.7. The zero-order chi connectivity index (χ0) is 15.0. The lowest BCUT2D eigenvalue weighted by molar-refractivity contribution is 0.331. The van der Waals surface area contributed by atoms with Crippen LogP contribution in [0.1, 0.15) is 5.56 Å². The number of aryl methyl sites for hydroxylation is 1. The Labute approximate surface area is 125 Å². The number of halogens is 2. The number of fused-ring (bicyclic) bond motifs is 1. The van der Waals surface area contributed by atoms with E-state index in [1.54, 1.807) is 6.07 Å². The van der Waals surface area contributed by atoms with Crippen LogP contribution in [0, 0.1) is 5.82 Å². The molecule has 7 heteroatoms. The third-order valence-corrected chi connectivity index (χ3v) is 3.76. The average molecular weight is 310 g/mol. The van der Waals surface area contributed by atoms with Crippen LogP contribution in [0.5, 0.6) is 5.75 Å². The maximum absolute atomic E-state index is 13.4. The third-order valence-electron chi connectivity index (χ3n) is 3.40. The number of hydrogen-bond acceptors (Lipinski definition) is 4. The quantitative estimate of drug-likeness (QED) is 0.808. The fourth-order valence-electron chi connectivity index (χ4n) is 2.29. The fraction of sp³-hybridized carbons (Fsp3) is 0.286. The van der Waals surface area contributed by atoms with Gasteiger partial charge in [-0.3, -0.25) is 4.79 Å². The molecule has 0 amide bonds. The van der Waals surface area contributed by atoms with Crippen LogP contribution in [-0.2, 0) is 13.6 Å². The van der Waals surface area contributed by atoms with Crippen molar-refractivity contribution in [3.05, 3.63) is 51.2 Å². The summed E-state index contributed by atoms with van der Waals surface area (Å²) in [5, 5.41) is 4.09. The van der Waals surface area contributed by atoms with Crippen molar-refractivity contribution in [1.29, 1.82) is 0 Å². The summed E-state index contributed by atoms with van der Waals surface area (Å²) >= 11 is 6.11. The van der Waals surface area contributed by atoms with Crippen molar-refractivity contribution < 1.29 is 9.13 Å². The summed E-state index contributed by atoms with van der Waals surface area (Å²) in [5.41, 5.74) is 0.878. The van der Waals surface area contributed by atoms with Crippen LogP contribution in [0.4, 0.5) is 10.1 Å². The highest BCUT2D eigenvalue weighted by atomic mass is 35.5. The Kier molecular flexibility index (Phi) is 3.55. The largest absolute Gasteiger partial charge is 0.491 e. The average Bonchev–Trinajstić information content (AvgIpc) is 2.66. The predicted molar refractivity (Wildman–Crippen MR) is 77.4 cm³/mol. The van der Waals surface area contributed by atoms with Gasteiger partial charge in [0, 0.05) is 19.2 Å². The lowest BCUT2D eigenvalue weighted by Gasteiger charge is -2.22. The minimum Gasteiger partial charge on any atom is -0.491 e. The van der Waals surface area contributed by atoms with Crippen molar-refractivity contribution in [1.82, 2.24) is 9.78 Å². The van der Waals surface area contributed by atoms with E-state index in [2.05, 4.69) is 5.10 Å². The van der Waals surface area contributed by atoms with Gasteiger partial charge in [-0.25, -0.2) is 9.07 Å². The number of benzene rings is 1. The van der Waals surface area contributed by atoms with E-state index in [-0.39, 0.29) is 16.4 Å². The van der Waals surface area contributed by atoms with E-state index >= 15 is 0 Å². The van der Waals surface area contributed by atoms with E-state index in [9.17, 15) is 9.18 Å². The third kappa shape index (κ3) is 2.58. The van der Waals surface area contributed by atoms with Crippen molar-refractivity contribution in [2.75, 3.05) is 18.1 Å². The Balaban J connectivity index is 2.01. The molecule has 21 heavy (non-hydrogen) atoms. The molecule has 0 atom stereocenters. The summed E-state index contributed by atoms with van der Waals surface area (Å²) in [6, 6.07) is 4.40. The molecule has 1 aromatic carbocycles. The van der Waals surface area contributed by atoms with Crippen LogP contribution in [0.3, 0.4) is 0 Å². The number of aromatic nitrogens is 2. The predicted octanol–water partition coefficient (Wildman–Crippen LogP) is 1.97. The molecular weight excluding hydrogens is 297 g/mol. The summed E-state index contributed by atoms with van der Waals surface area (Å²) in [5.74, 6) is 0.319. The van der Waals surface area contributed by atoms with Gasteiger partial charge in [0.05, 0.1) is 18.4 Å². The van der Waals surface area contributed by atoms with Crippen molar-refractivity contribution in [2.45, 2.75) is 6.54 Å². The van der Waals surface area contributed by atoms with Crippen molar-refractivity contribution in [3.63, 3.8) is 0 Å². The molecule has 0 saturated carbocycles. The molecule has 0 bridgehead atoms. The molecule has 0 aliphatic carbocycles. The van der Waals surface area contributed by atoms with E-state index in [0.717, 1.165) is 0 Å². The summed E-state index contributed by atoms with van der Waals surface area (Å²) in [7, 11) is 1.54. The molecule has 3 rings (SSSR count). The first-order chi connectivity index (χ1) is 10.1. The molecule has 1 aliphatic heterocycles. The monoisotopic (exact) mass is 309 g/mol. The molecule has 1 aromatic heterocycles. The Morgan fingerprint density at radius 2 is 2.24 bits per heavy atom. The molecule has 0 saturated heterocycles.